The van der Waals surface area contributed by atoms with Gasteiger partial charge in [-0.15, -0.1) is 0 Å². The summed E-state index contributed by atoms with van der Waals surface area (Å²) in [4.78, 5) is 36.7. The van der Waals surface area contributed by atoms with Gasteiger partial charge in [-0.25, -0.2) is 4.79 Å². The van der Waals surface area contributed by atoms with E-state index in [2.05, 4.69) is 50.3 Å². The zero-order chi connectivity index (χ0) is 38.5. The summed E-state index contributed by atoms with van der Waals surface area (Å²) in [6.07, 6.45) is 40.6. The van der Waals surface area contributed by atoms with Crippen LogP contribution in [0.25, 0.3) is 0 Å². The van der Waals surface area contributed by atoms with Gasteiger partial charge in [0.15, 0.2) is 12.1 Å². The zero-order valence-corrected chi connectivity index (χ0v) is 34.0. The van der Waals surface area contributed by atoms with Crippen molar-refractivity contribution < 1.29 is 38.2 Å². The van der Waals surface area contributed by atoms with Gasteiger partial charge in [0.25, 0.3) is 0 Å². The molecule has 1 N–H and O–H groups in total. The molecular formula is C44H78NO7+. The molecule has 8 nitrogen and oxygen atoms in total. The number of hydrogen-bond donors (Lipinski definition) is 1. The van der Waals surface area contributed by atoms with Crippen LogP contribution >= 0.6 is 0 Å². The molecule has 0 spiro atoms. The fourth-order valence-corrected chi connectivity index (χ4v) is 5.84. The number of esters is 2. The van der Waals surface area contributed by atoms with Gasteiger partial charge in [0.2, 0.25) is 0 Å². The van der Waals surface area contributed by atoms with Crippen molar-refractivity contribution in [3.05, 3.63) is 48.6 Å². The first-order valence-electron chi connectivity index (χ1n) is 20.7. The van der Waals surface area contributed by atoms with Gasteiger partial charge in [0.1, 0.15) is 6.61 Å². The minimum absolute atomic E-state index is 0.0377. The summed E-state index contributed by atoms with van der Waals surface area (Å²) in [6.45, 7) is 4.41. The van der Waals surface area contributed by atoms with Crippen LogP contribution in [0.15, 0.2) is 48.6 Å². The Balaban J connectivity index is 4.16. The molecule has 300 valence electrons. The molecule has 0 saturated heterocycles. The molecule has 0 heterocycles. The molecular weight excluding hydrogens is 654 g/mol. The highest BCUT2D eigenvalue weighted by atomic mass is 16.6. The van der Waals surface area contributed by atoms with Crippen LogP contribution in [0.4, 0.5) is 0 Å². The van der Waals surface area contributed by atoms with Crippen LogP contribution in [-0.4, -0.2) is 80.6 Å². The summed E-state index contributed by atoms with van der Waals surface area (Å²) in [6, 6.07) is -0.621. The molecule has 0 bridgehead atoms. The highest BCUT2D eigenvalue weighted by Gasteiger charge is 2.31. The maximum Gasteiger partial charge on any atom is 0.362 e. The van der Waals surface area contributed by atoms with Gasteiger partial charge in [-0.05, 0) is 51.4 Å². The number of hydrogen-bond acceptors (Lipinski definition) is 6. The van der Waals surface area contributed by atoms with Crippen LogP contribution in [0.1, 0.15) is 162 Å². The van der Waals surface area contributed by atoms with E-state index >= 15 is 0 Å². The summed E-state index contributed by atoms with van der Waals surface area (Å²) >= 11 is 0. The van der Waals surface area contributed by atoms with Crippen LogP contribution in [-0.2, 0) is 28.6 Å². The molecule has 0 aliphatic rings. The Morgan fingerprint density at radius 3 is 1.56 bits per heavy atom. The number of rotatable bonds is 36. The lowest BCUT2D eigenvalue weighted by atomic mass is 10.0. The summed E-state index contributed by atoms with van der Waals surface area (Å²) in [5.74, 6) is -1.56. The van der Waals surface area contributed by atoms with E-state index in [1.165, 1.54) is 77.0 Å². The molecule has 8 heteroatoms. The summed E-state index contributed by atoms with van der Waals surface area (Å²) in [5, 5.41) is 9.57. The average molecular weight is 733 g/mol. The summed E-state index contributed by atoms with van der Waals surface area (Å²) < 4.78 is 17.1. The SMILES string of the molecule is CC/C=C/C/C=C/CCCCCCCCCCCCCCCCC(=O)OCC(COCCC(C(=O)O)[N+](C)(C)C)OC(=O)CC/C=C/C/C=C/CC. The van der Waals surface area contributed by atoms with Crippen LogP contribution < -0.4 is 0 Å². The standard InChI is InChI=1S/C44H77NO7/c1-6-8-10-12-14-15-16-17-18-19-20-21-22-23-24-25-26-27-29-30-32-34-42(46)51-39-40(38-50-37-36-41(44(48)49)45(3,4)5)52-43(47)35-33-31-28-13-11-9-7-2/h8-11,14-15,28,31,40-41H,6-7,12-13,16-27,29-30,32-39H2,1-5H3/p+1/b10-8+,11-9+,15-14+,31-28+. The Bertz CT molecular complexity index is 995. The first-order chi connectivity index (χ1) is 25.1. The molecule has 0 aromatic carbocycles. The van der Waals surface area contributed by atoms with Gasteiger partial charge in [0, 0.05) is 19.3 Å². The van der Waals surface area contributed by atoms with Gasteiger partial charge >= 0.3 is 17.9 Å². The van der Waals surface area contributed by atoms with Crippen LogP contribution in [0.5, 0.6) is 0 Å². The smallest absolute Gasteiger partial charge is 0.362 e. The molecule has 2 atom stereocenters. The fourth-order valence-electron chi connectivity index (χ4n) is 5.84. The van der Waals surface area contributed by atoms with Crippen molar-refractivity contribution in [2.45, 2.75) is 174 Å². The van der Waals surface area contributed by atoms with E-state index in [9.17, 15) is 19.5 Å². The van der Waals surface area contributed by atoms with Crippen molar-refractivity contribution in [2.75, 3.05) is 41.0 Å². The third-order valence-corrected chi connectivity index (χ3v) is 8.99. The lowest BCUT2D eigenvalue weighted by molar-refractivity contribution is -0.887. The number of allylic oxidation sites excluding steroid dienone is 8. The van der Waals surface area contributed by atoms with Crippen LogP contribution in [0, 0.1) is 0 Å². The second-order valence-electron chi connectivity index (χ2n) is 14.8. The van der Waals surface area contributed by atoms with E-state index in [-0.39, 0.29) is 42.7 Å². The van der Waals surface area contributed by atoms with Crippen molar-refractivity contribution in [1.82, 2.24) is 0 Å². The lowest BCUT2D eigenvalue weighted by Crippen LogP contribution is -2.50. The number of unbranched alkanes of at least 4 members (excludes halogenated alkanes) is 14. The van der Waals surface area contributed by atoms with Crippen molar-refractivity contribution in [1.29, 1.82) is 0 Å². The summed E-state index contributed by atoms with van der Waals surface area (Å²) in [7, 11) is 5.49. The summed E-state index contributed by atoms with van der Waals surface area (Å²) in [5.41, 5.74) is 0. The molecule has 2 unspecified atom stereocenters. The number of nitrogens with zero attached hydrogens (tertiary/aromatic N) is 1. The topological polar surface area (TPSA) is 99.1 Å². The number of carbonyl (C=O) groups is 3. The normalized spacial score (nSPS) is 13.5. The highest BCUT2D eigenvalue weighted by Crippen LogP contribution is 2.15. The number of ether oxygens (including phenoxy) is 3. The number of carboxylic acids is 1. The van der Waals surface area contributed by atoms with Gasteiger partial charge in [-0.1, -0.05) is 140 Å². The number of likely N-dealkylation sites (N-methyl/N-ethyl adjacent to an activating group) is 1. The quantitative estimate of drug-likeness (QED) is 0.0296. The second kappa shape index (κ2) is 35.3. The molecule has 0 radical (unpaired) electrons. The largest absolute Gasteiger partial charge is 0.477 e. The molecule has 0 saturated carbocycles. The van der Waals surface area contributed by atoms with Crippen LogP contribution in [0.3, 0.4) is 0 Å². The molecule has 0 aromatic heterocycles. The van der Waals surface area contributed by atoms with Gasteiger partial charge in [-0.2, -0.15) is 0 Å². The minimum Gasteiger partial charge on any atom is -0.477 e. The van der Waals surface area contributed by atoms with E-state index in [1.54, 1.807) is 0 Å². The van der Waals surface area contributed by atoms with E-state index in [0.29, 0.717) is 19.3 Å². The van der Waals surface area contributed by atoms with E-state index in [4.69, 9.17) is 14.2 Å². The maximum absolute atomic E-state index is 12.5. The van der Waals surface area contributed by atoms with Crippen molar-refractivity contribution >= 4 is 17.9 Å². The van der Waals surface area contributed by atoms with Gasteiger partial charge in [0.05, 0.1) is 34.4 Å². The predicted molar refractivity (Wildman–Crippen MR) is 215 cm³/mol. The number of carbonyl (C=O) groups excluding carboxylic acids is 2. The maximum atomic E-state index is 12.5. The van der Waals surface area contributed by atoms with Crippen LogP contribution in [0.2, 0.25) is 0 Å². The van der Waals surface area contributed by atoms with Gasteiger partial charge < -0.3 is 23.8 Å². The molecule has 52 heavy (non-hydrogen) atoms. The van der Waals surface area contributed by atoms with Crippen molar-refractivity contribution in [2.24, 2.45) is 0 Å². The fraction of sp³-hybridized carbons (Fsp3) is 0.750. The Morgan fingerprint density at radius 1 is 0.577 bits per heavy atom. The van der Waals surface area contributed by atoms with Crippen molar-refractivity contribution in [3.8, 4) is 0 Å². The lowest BCUT2D eigenvalue weighted by Gasteiger charge is -2.31. The first-order valence-corrected chi connectivity index (χ1v) is 20.7. The van der Waals surface area contributed by atoms with E-state index < -0.39 is 18.1 Å². The Kier molecular flexibility index (Phi) is 33.5. The molecule has 0 fully saturated rings. The second-order valence-corrected chi connectivity index (χ2v) is 14.8. The Hall–Kier alpha value is -2.71. The zero-order valence-electron chi connectivity index (χ0n) is 34.0. The first kappa shape index (κ1) is 49.3. The average Bonchev–Trinajstić information content (AvgIpc) is 3.09. The van der Waals surface area contributed by atoms with E-state index in [1.807, 2.05) is 33.3 Å². The number of quaternary nitrogens is 1. The molecule has 0 aliphatic carbocycles. The number of aliphatic carboxylic acids is 1. The molecule has 0 aliphatic heterocycles. The predicted octanol–water partition coefficient (Wildman–Crippen LogP) is 10.9. The van der Waals surface area contributed by atoms with Gasteiger partial charge in [-0.3, -0.25) is 9.59 Å². The third-order valence-electron chi connectivity index (χ3n) is 8.99. The third kappa shape index (κ3) is 33.1. The Morgan fingerprint density at radius 2 is 1.06 bits per heavy atom. The minimum atomic E-state index is -0.885. The van der Waals surface area contributed by atoms with Crippen molar-refractivity contribution in [3.63, 3.8) is 0 Å². The van der Waals surface area contributed by atoms with E-state index in [0.717, 1.165) is 44.9 Å². The molecule has 0 rings (SSSR count). The molecule has 0 aromatic rings. The monoisotopic (exact) mass is 733 g/mol. The molecule has 0 amide bonds. The number of carboxylic acid groups (broad SMARTS) is 1. The highest BCUT2D eigenvalue weighted by molar-refractivity contribution is 5.72. The Labute approximate surface area is 318 Å².